The van der Waals surface area contributed by atoms with E-state index in [4.69, 9.17) is 0 Å². The number of Topliss-reactive ketones (excluding diaryl/α,β-unsaturated/α-hetero) is 1. The molecule has 2 rings (SSSR count). The number of carbonyl (C=O) groups is 1. The number of hydrogen-bond donors (Lipinski definition) is 0. The second-order valence-electron chi connectivity index (χ2n) is 5.17. The third-order valence-corrected chi connectivity index (χ3v) is 3.27. The molecule has 3 heteroatoms. The predicted molar refractivity (Wildman–Crippen MR) is 82.0 cm³/mol. The van der Waals surface area contributed by atoms with Crippen molar-refractivity contribution in [3.63, 3.8) is 0 Å². The van der Waals surface area contributed by atoms with E-state index in [-0.39, 0.29) is 5.78 Å². The van der Waals surface area contributed by atoms with Gasteiger partial charge in [0.2, 0.25) is 0 Å². The van der Waals surface area contributed by atoms with Gasteiger partial charge < -0.3 is 4.90 Å². The summed E-state index contributed by atoms with van der Waals surface area (Å²) < 4.78 is 0. The molecule has 104 valence electrons. The molecule has 3 nitrogen and oxygen atoms in total. The van der Waals surface area contributed by atoms with Crippen LogP contribution in [-0.2, 0) is 6.54 Å². The van der Waals surface area contributed by atoms with Gasteiger partial charge in [-0.05, 0) is 38.5 Å². The molecule has 0 aliphatic heterocycles. The van der Waals surface area contributed by atoms with Crippen LogP contribution in [0.25, 0.3) is 0 Å². The molecule has 0 saturated carbocycles. The molecule has 1 aromatic heterocycles. The minimum absolute atomic E-state index is 0.0667. The standard InChI is InChI=1S/C17H20N2O/c1-13(2)19(12-15-7-5-4-6-8-15)17-11-16(14(3)20)9-10-18-17/h4-11,13H,12H2,1-3H3. The monoisotopic (exact) mass is 268 g/mol. The van der Waals surface area contributed by atoms with Crippen LogP contribution in [0, 0.1) is 0 Å². The highest BCUT2D eigenvalue weighted by molar-refractivity contribution is 5.94. The molecule has 0 unspecified atom stereocenters. The molecule has 0 fully saturated rings. The molecule has 0 N–H and O–H groups in total. The van der Waals surface area contributed by atoms with E-state index < -0.39 is 0 Å². The second kappa shape index (κ2) is 6.33. The van der Waals surface area contributed by atoms with Gasteiger partial charge in [-0.15, -0.1) is 0 Å². The summed E-state index contributed by atoms with van der Waals surface area (Å²) in [6.45, 7) is 6.62. The summed E-state index contributed by atoms with van der Waals surface area (Å²) in [5, 5.41) is 0. The van der Waals surface area contributed by atoms with Crippen molar-refractivity contribution in [3.8, 4) is 0 Å². The zero-order valence-corrected chi connectivity index (χ0v) is 12.2. The Balaban J connectivity index is 2.29. The highest BCUT2D eigenvalue weighted by Gasteiger charge is 2.13. The molecule has 1 heterocycles. The molecule has 2 aromatic rings. The van der Waals surface area contributed by atoms with Crippen LogP contribution in [0.1, 0.15) is 36.7 Å². The Hall–Kier alpha value is -2.16. The van der Waals surface area contributed by atoms with Crippen LogP contribution in [0.2, 0.25) is 0 Å². The smallest absolute Gasteiger partial charge is 0.159 e. The van der Waals surface area contributed by atoms with Crippen LogP contribution in [0.15, 0.2) is 48.7 Å². The lowest BCUT2D eigenvalue weighted by molar-refractivity contribution is 0.101. The minimum Gasteiger partial charge on any atom is -0.350 e. The van der Waals surface area contributed by atoms with Crippen molar-refractivity contribution in [1.29, 1.82) is 0 Å². The van der Waals surface area contributed by atoms with Crippen molar-refractivity contribution in [2.24, 2.45) is 0 Å². The lowest BCUT2D eigenvalue weighted by atomic mass is 10.1. The zero-order valence-electron chi connectivity index (χ0n) is 12.2. The first kappa shape index (κ1) is 14.3. The van der Waals surface area contributed by atoms with Crippen molar-refractivity contribution in [2.75, 3.05) is 4.90 Å². The molecule has 0 spiro atoms. The maximum atomic E-state index is 11.5. The van der Waals surface area contributed by atoms with E-state index in [0.717, 1.165) is 12.4 Å². The predicted octanol–water partition coefficient (Wildman–Crippen LogP) is 3.70. The lowest BCUT2D eigenvalue weighted by Crippen LogP contribution is -2.31. The van der Waals surface area contributed by atoms with E-state index in [2.05, 4.69) is 35.9 Å². The van der Waals surface area contributed by atoms with Crippen molar-refractivity contribution >= 4 is 11.6 Å². The highest BCUT2D eigenvalue weighted by Crippen LogP contribution is 2.19. The highest BCUT2D eigenvalue weighted by atomic mass is 16.1. The van der Waals surface area contributed by atoms with Gasteiger partial charge in [-0.25, -0.2) is 4.98 Å². The Bertz CT molecular complexity index is 579. The summed E-state index contributed by atoms with van der Waals surface area (Å²) in [6, 6.07) is 14.2. The first-order valence-corrected chi connectivity index (χ1v) is 6.85. The number of pyridine rings is 1. The van der Waals surface area contributed by atoms with Gasteiger partial charge in [-0.2, -0.15) is 0 Å². The molecule has 20 heavy (non-hydrogen) atoms. The maximum Gasteiger partial charge on any atom is 0.159 e. The lowest BCUT2D eigenvalue weighted by Gasteiger charge is -2.28. The molecule has 0 aliphatic rings. The van der Waals surface area contributed by atoms with Gasteiger partial charge in [-0.3, -0.25) is 4.79 Å². The number of ketones is 1. The Labute approximate surface area is 120 Å². The summed E-state index contributed by atoms with van der Waals surface area (Å²) in [6.07, 6.45) is 1.70. The van der Waals surface area contributed by atoms with E-state index in [1.807, 2.05) is 24.3 Å². The molecule has 1 aromatic carbocycles. The summed E-state index contributed by atoms with van der Waals surface area (Å²) in [4.78, 5) is 18.1. The number of anilines is 1. The third-order valence-electron chi connectivity index (χ3n) is 3.27. The normalized spacial score (nSPS) is 10.6. The average Bonchev–Trinajstić information content (AvgIpc) is 2.45. The maximum absolute atomic E-state index is 11.5. The topological polar surface area (TPSA) is 33.2 Å². The van der Waals surface area contributed by atoms with Gasteiger partial charge in [0.05, 0.1) is 0 Å². The molecule has 0 bridgehead atoms. The van der Waals surface area contributed by atoms with Crippen LogP contribution >= 0.6 is 0 Å². The zero-order chi connectivity index (χ0) is 14.5. The third kappa shape index (κ3) is 3.44. The van der Waals surface area contributed by atoms with Crippen molar-refractivity contribution in [1.82, 2.24) is 4.98 Å². The summed E-state index contributed by atoms with van der Waals surface area (Å²) in [5.41, 5.74) is 1.94. The SMILES string of the molecule is CC(=O)c1ccnc(N(Cc2ccccc2)C(C)C)c1. The van der Waals surface area contributed by atoms with Gasteiger partial charge in [0.15, 0.2) is 5.78 Å². The Kier molecular flexibility index (Phi) is 4.51. The van der Waals surface area contributed by atoms with Crippen LogP contribution in [0.3, 0.4) is 0 Å². The number of aromatic nitrogens is 1. The van der Waals surface area contributed by atoms with E-state index >= 15 is 0 Å². The fourth-order valence-electron chi connectivity index (χ4n) is 2.10. The Morgan fingerprint density at radius 3 is 2.50 bits per heavy atom. The molecule has 0 amide bonds. The van der Waals surface area contributed by atoms with E-state index in [1.165, 1.54) is 5.56 Å². The van der Waals surface area contributed by atoms with Crippen molar-refractivity contribution in [3.05, 3.63) is 59.8 Å². The molecule has 0 saturated heterocycles. The first-order chi connectivity index (χ1) is 9.58. The first-order valence-electron chi connectivity index (χ1n) is 6.85. The number of nitrogens with zero attached hydrogens (tertiary/aromatic N) is 2. The second-order valence-corrected chi connectivity index (χ2v) is 5.17. The fourth-order valence-corrected chi connectivity index (χ4v) is 2.10. The van der Waals surface area contributed by atoms with E-state index in [1.54, 1.807) is 19.2 Å². The largest absolute Gasteiger partial charge is 0.350 e. The molecular formula is C17H20N2O. The van der Waals surface area contributed by atoms with E-state index in [9.17, 15) is 4.79 Å². The average molecular weight is 268 g/mol. The van der Waals surface area contributed by atoms with Crippen LogP contribution in [-0.4, -0.2) is 16.8 Å². The van der Waals surface area contributed by atoms with Gasteiger partial charge in [-0.1, -0.05) is 30.3 Å². The fraction of sp³-hybridized carbons (Fsp3) is 0.294. The van der Waals surface area contributed by atoms with Crippen molar-refractivity contribution in [2.45, 2.75) is 33.4 Å². The number of hydrogen-bond acceptors (Lipinski definition) is 3. The number of benzene rings is 1. The summed E-state index contributed by atoms with van der Waals surface area (Å²) >= 11 is 0. The van der Waals surface area contributed by atoms with Gasteiger partial charge >= 0.3 is 0 Å². The summed E-state index contributed by atoms with van der Waals surface area (Å²) in [7, 11) is 0. The molecule has 0 atom stereocenters. The molecule has 0 radical (unpaired) electrons. The van der Waals surface area contributed by atoms with Gasteiger partial charge in [0.1, 0.15) is 5.82 Å². The molecule has 0 aliphatic carbocycles. The van der Waals surface area contributed by atoms with E-state index in [0.29, 0.717) is 11.6 Å². The van der Waals surface area contributed by atoms with Crippen molar-refractivity contribution < 1.29 is 4.79 Å². The number of carbonyl (C=O) groups excluding carboxylic acids is 1. The Morgan fingerprint density at radius 1 is 1.20 bits per heavy atom. The van der Waals surface area contributed by atoms with Crippen LogP contribution in [0.4, 0.5) is 5.82 Å². The Morgan fingerprint density at radius 2 is 1.90 bits per heavy atom. The minimum atomic E-state index is 0.0667. The van der Waals surface area contributed by atoms with Crippen LogP contribution in [0.5, 0.6) is 0 Å². The van der Waals surface area contributed by atoms with Gasteiger partial charge in [0, 0.05) is 24.3 Å². The number of rotatable bonds is 5. The summed E-state index contributed by atoms with van der Waals surface area (Å²) in [5.74, 6) is 0.911. The van der Waals surface area contributed by atoms with Crippen LogP contribution < -0.4 is 4.90 Å². The van der Waals surface area contributed by atoms with Gasteiger partial charge in [0.25, 0.3) is 0 Å². The quantitative estimate of drug-likeness (QED) is 0.775. The molecular weight excluding hydrogens is 248 g/mol.